The van der Waals surface area contributed by atoms with Crippen molar-refractivity contribution in [3.63, 3.8) is 0 Å². The molecule has 0 saturated heterocycles. The smallest absolute Gasteiger partial charge is 0.338 e. The molecule has 1 N–H and O–H groups in total. The van der Waals surface area contributed by atoms with E-state index < -0.39 is 5.97 Å². The molecule has 1 aliphatic rings. The number of hydrogen-bond donors (Lipinski definition) is 1. The summed E-state index contributed by atoms with van der Waals surface area (Å²) in [6, 6.07) is 14.5. The first-order chi connectivity index (χ1) is 11.6. The fraction of sp³-hybridized carbons (Fsp3) is 0.222. The average molecular weight is 343 g/mol. The zero-order chi connectivity index (χ0) is 16.9. The van der Waals surface area contributed by atoms with Gasteiger partial charge in [0.25, 0.3) is 0 Å². The van der Waals surface area contributed by atoms with Gasteiger partial charge in [-0.2, -0.15) is 0 Å². The molecular formula is C18H17NO4S. The second-order valence-electron chi connectivity index (χ2n) is 5.26. The summed E-state index contributed by atoms with van der Waals surface area (Å²) in [5.74, 6) is 0.234. The maximum Gasteiger partial charge on any atom is 0.338 e. The molecule has 0 aromatic heterocycles. The molecule has 124 valence electrons. The zero-order valence-corrected chi connectivity index (χ0v) is 14.0. The quantitative estimate of drug-likeness (QED) is 0.666. The van der Waals surface area contributed by atoms with E-state index in [-0.39, 0.29) is 24.4 Å². The lowest BCUT2D eigenvalue weighted by molar-refractivity contribution is -0.115. The van der Waals surface area contributed by atoms with E-state index in [0.29, 0.717) is 11.3 Å². The number of nitrogens with one attached hydrogen (secondary N) is 1. The van der Waals surface area contributed by atoms with Gasteiger partial charge in [-0.3, -0.25) is 4.79 Å². The summed E-state index contributed by atoms with van der Waals surface area (Å²) in [5.41, 5.74) is 1.06. The number of carbonyl (C=O) groups is 2. The van der Waals surface area contributed by atoms with Crippen molar-refractivity contribution in [2.24, 2.45) is 0 Å². The molecule has 2 aromatic carbocycles. The lowest BCUT2D eigenvalue weighted by Gasteiger charge is -2.21. The third-order valence-electron chi connectivity index (χ3n) is 3.47. The van der Waals surface area contributed by atoms with E-state index >= 15 is 0 Å². The Bertz CT molecular complexity index is 748. The van der Waals surface area contributed by atoms with Crippen LogP contribution < -0.4 is 10.1 Å². The Morgan fingerprint density at radius 2 is 1.96 bits per heavy atom. The molecule has 0 fully saturated rings. The topological polar surface area (TPSA) is 64.6 Å². The van der Waals surface area contributed by atoms with Crippen LogP contribution in [0, 0.1) is 0 Å². The minimum absolute atomic E-state index is 0.0609. The van der Waals surface area contributed by atoms with Crippen LogP contribution in [0.5, 0.6) is 5.75 Å². The van der Waals surface area contributed by atoms with E-state index in [1.54, 1.807) is 12.1 Å². The van der Waals surface area contributed by atoms with E-state index in [9.17, 15) is 9.59 Å². The van der Waals surface area contributed by atoms with E-state index in [4.69, 9.17) is 9.47 Å². The molecule has 24 heavy (non-hydrogen) atoms. The zero-order valence-electron chi connectivity index (χ0n) is 13.2. The predicted molar refractivity (Wildman–Crippen MR) is 92.6 cm³/mol. The Kier molecular flexibility index (Phi) is 5.05. The van der Waals surface area contributed by atoms with Crippen molar-refractivity contribution in [2.45, 2.75) is 17.1 Å². The summed E-state index contributed by atoms with van der Waals surface area (Å²) in [4.78, 5) is 24.8. The maximum absolute atomic E-state index is 12.1. The minimum Gasteiger partial charge on any atom is -0.490 e. The summed E-state index contributed by atoms with van der Waals surface area (Å²) in [6.07, 6.45) is 0. The molecule has 3 rings (SSSR count). The van der Waals surface area contributed by atoms with E-state index in [1.165, 1.54) is 11.8 Å². The third-order valence-corrected chi connectivity index (χ3v) is 4.65. The first-order valence-corrected chi connectivity index (χ1v) is 8.48. The molecule has 0 saturated carbocycles. The highest BCUT2D eigenvalue weighted by Gasteiger charge is 2.23. The minimum atomic E-state index is -0.438. The summed E-state index contributed by atoms with van der Waals surface area (Å²) < 4.78 is 10.7. The lowest BCUT2D eigenvalue weighted by atomic mass is 10.2. The van der Waals surface area contributed by atoms with E-state index in [0.717, 1.165) is 10.6 Å². The molecule has 6 heteroatoms. The van der Waals surface area contributed by atoms with Gasteiger partial charge in [-0.25, -0.2) is 4.79 Å². The number of rotatable bonds is 5. The maximum atomic E-state index is 12.1. The van der Waals surface area contributed by atoms with Gasteiger partial charge in [-0.05, 0) is 37.3 Å². The molecule has 0 aliphatic carbocycles. The van der Waals surface area contributed by atoms with Gasteiger partial charge in [0.2, 0.25) is 5.91 Å². The van der Waals surface area contributed by atoms with Crippen molar-refractivity contribution < 1.29 is 19.1 Å². The molecular weight excluding hydrogens is 326 g/mol. The Morgan fingerprint density at radius 1 is 1.17 bits per heavy atom. The molecule has 0 bridgehead atoms. The van der Waals surface area contributed by atoms with Gasteiger partial charge in [0, 0.05) is 4.90 Å². The van der Waals surface area contributed by atoms with Gasteiger partial charge in [0.1, 0.15) is 19.0 Å². The van der Waals surface area contributed by atoms with E-state index in [2.05, 4.69) is 5.32 Å². The van der Waals surface area contributed by atoms with Gasteiger partial charge >= 0.3 is 5.97 Å². The standard InChI is InChI=1S/C18H17NO4S/c1-12-17(20)19-15-11-13(7-8-16(15)24-12)18(21)23-10-9-22-14-5-3-2-4-6-14/h2-8,11-12H,9-10H2,1H3,(H,19,20)/t12-/m1/s1. The van der Waals surface area contributed by atoms with Crippen molar-refractivity contribution in [1.82, 2.24) is 0 Å². The Morgan fingerprint density at radius 3 is 2.75 bits per heavy atom. The largest absolute Gasteiger partial charge is 0.490 e. The number of thioether (sulfide) groups is 1. The number of anilines is 1. The average Bonchev–Trinajstić information content (AvgIpc) is 2.60. The number of amides is 1. The van der Waals surface area contributed by atoms with Gasteiger partial charge in [0.15, 0.2) is 0 Å². The van der Waals surface area contributed by atoms with Crippen LogP contribution in [0.25, 0.3) is 0 Å². The number of carbonyl (C=O) groups excluding carboxylic acids is 2. The number of hydrogen-bond acceptors (Lipinski definition) is 5. The Hall–Kier alpha value is -2.47. The SMILES string of the molecule is C[C@H]1Sc2ccc(C(=O)OCCOc3ccccc3)cc2NC1=O. The monoisotopic (exact) mass is 343 g/mol. The second kappa shape index (κ2) is 7.40. The summed E-state index contributed by atoms with van der Waals surface area (Å²) in [7, 11) is 0. The van der Waals surface area contributed by atoms with Gasteiger partial charge in [-0.1, -0.05) is 18.2 Å². The van der Waals surface area contributed by atoms with Crippen LogP contribution in [0.3, 0.4) is 0 Å². The Balaban J connectivity index is 1.54. The molecule has 0 radical (unpaired) electrons. The Labute approximate surface area is 144 Å². The van der Waals surface area contributed by atoms with Gasteiger partial charge in [-0.15, -0.1) is 11.8 Å². The fourth-order valence-electron chi connectivity index (χ4n) is 2.23. The van der Waals surface area contributed by atoms with Gasteiger partial charge < -0.3 is 14.8 Å². The van der Waals surface area contributed by atoms with Crippen molar-refractivity contribution >= 4 is 29.3 Å². The molecule has 1 aliphatic heterocycles. The molecule has 1 atom stereocenters. The molecule has 2 aromatic rings. The van der Waals surface area contributed by atoms with Crippen LogP contribution in [0.2, 0.25) is 0 Å². The molecule has 1 heterocycles. The molecule has 0 spiro atoms. The fourth-order valence-corrected chi connectivity index (χ4v) is 3.16. The first-order valence-electron chi connectivity index (χ1n) is 7.60. The summed E-state index contributed by atoms with van der Waals surface area (Å²) in [5, 5.41) is 2.67. The highest BCUT2D eigenvalue weighted by molar-refractivity contribution is 8.00. The first kappa shape index (κ1) is 16.4. The third kappa shape index (κ3) is 3.89. The number of ether oxygens (including phenoxy) is 2. The molecule has 0 unspecified atom stereocenters. The van der Waals surface area contributed by atoms with Gasteiger partial charge in [0.05, 0.1) is 16.5 Å². The second-order valence-corrected chi connectivity index (χ2v) is 6.64. The van der Waals surface area contributed by atoms with Crippen molar-refractivity contribution in [3.8, 4) is 5.75 Å². The number of esters is 1. The van der Waals surface area contributed by atoms with Crippen molar-refractivity contribution in [2.75, 3.05) is 18.5 Å². The predicted octanol–water partition coefficient (Wildman–Crippen LogP) is 3.36. The highest BCUT2D eigenvalue weighted by atomic mass is 32.2. The van der Waals surface area contributed by atoms with E-state index in [1.807, 2.05) is 43.3 Å². The summed E-state index contributed by atoms with van der Waals surface area (Å²) >= 11 is 1.48. The van der Waals surface area contributed by atoms with Crippen LogP contribution in [0.4, 0.5) is 5.69 Å². The molecule has 5 nitrogen and oxygen atoms in total. The number of para-hydroxylation sites is 1. The van der Waals surface area contributed by atoms with Crippen LogP contribution >= 0.6 is 11.8 Å². The van der Waals surface area contributed by atoms with Crippen molar-refractivity contribution in [3.05, 3.63) is 54.1 Å². The summed E-state index contributed by atoms with van der Waals surface area (Å²) in [6.45, 7) is 2.28. The van der Waals surface area contributed by atoms with Crippen LogP contribution in [0.1, 0.15) is 17.3 Å². The number of benzene rings is 2. The number of fused-ring (bicyclic) bond motifs is 1. The normalized spacial score (nSPS) is 16.0. The van der Waals surface area contributed by atoms with Crippen LogP contribution in [-0.2, 0) is 9.53 Å². The highest BCUT2D eigenvalue weighted by Crippen LogP contribution is 2.35. The van der Waals surface area contributed by atoms with Crippen LogP contribution in [-0.4, -0.2) is 30.3 Å². The van der Waals surface area contributed by atoms with Crippen molar-refractivity contribution in [1.29, 1.82) is 0 Å². The lowest BCUT2D eigenvalue weighted by Crippen LogP contribution is -2.26. The van der Waals surface area contributed by atoms with Crippen LogP contribution in [0.15, 0.2) is 53.4 Å². The molecule has 1 amide bonds.